The van der Waals surface area contributed by atoms with Gasteiger partial charge >= 0.3 is 0 Å². The van der Waals surface area contributed by atoms with Crippen molar-refractivity contribution < 1.29 is 4.74 Å². The summed E-state index contributed by atoms with van der Waals surface area (Å²) in [5, 5.41) is 1.69. The third-order valence-electron chi connectivity index (χ3n) is 2.31. The molecule has 0 N–H and O–H groups in total. The predicted molar refractivity (Wildman–Crippen MR) is 64.8 cm³/mol. The van der Waals surface area contributed by atoms with Gasteiger partial charge in [-0.2, -0.15) is 0 Å². The van der Waals surface area contributed by atoms with Crippen LogP contribution in [0.2, 0.25) is 5.02 Å². The number of rotatable bonds is 4. The van der Waals surface area contributed by atoms with Gasteiger partial charge in [0.15, 0.2) is 0 Å². The number of alkyl halides is 1. The third-order valence-corrected chi connectivity index (χ3v) is 3.33. The summed E-state index contributed by atoms with van der Waals surface area (Å²) in [5.41, 5.74) is 1.18. The van der Waals surface area contributed by atoms with E-state index in [9.17, 15) is 0 Å². The van der Waals surface area contributed by atoms with Gasteiger partial charge in [-0.1, -0.05) is 34.5 Å². The standard InChI is InChI=1S/C11H14BrClO/c1-3-8(7-12)10-6-9(13)4-5-11(10)14-2/h4-6,8H,3,7H2,1-2H3. The van der Waals surface area contributed by atoms with E-state index in [2.05, 4.69) is 22.9 Å². The lowest BCUT2D eigenvalue weighted by molar-refractivity contribution is 0.406. The van der Waals surface area contributed by atoms with Crippen molar-refractivity contribution in [1.29, 1.82) is 0 Å². The second-order valence-electron chi connectivity index (χ2n) is 3.15. The van der Waals surface area contributed by atoms with E-state index in [0.717, 1.165) is 22.5 Å². The highest BCUT2D eigenvalue weighted by atomic mass is 79.9. The highest BCUT2D eigenvalue weighted by Crippen LogP contribution is 2.32. The molecule has 0 heterocycles. The molecule has 0 aliphatic rings. The van der Waals surface area contributed by atoms with Crippen molar-refractivity contribution in [1.82, 2.24) is 0 Å². The Bertz CT molecular complexity index is 297. The summed E-state index contributed by atoms with van der Waals surface area (Å²) in [6, 6.07) is 5.75. The molecule has 0 fully saturated rings. The summed E-state index contributed by atoms with van der Waals surface area (Å²) >= 11 is 9.46. The number of hydrogen-bond acceptors (Lipinski definition) is 1. The summed E-state index contributed by atoms with van der Waals surface area (Å²) < 4.78 is 5.31. The van der Waals surface area contributed by atoms with Crippen molar-refractivity contribution in [2.75, 3.05) is 12.4 Å². The van der Waals surface area contributed by atoms with Crippen LogP contribution in [0.1, 0.15) is 24.8 Å². The topological polar surface area (TPSA) is 9.23 Å². The fourth-order valence-corrected chi connectivity index (χ4v) is 2.42. The Morgan fingerprint density at radius 2 is 2.21 bits per heavy atom. The van der Waals surface area contributed by atoms with E-state index in [0.29, 0.717) is 5.92 Å². The van der Waals surface area contributed by atoms with E-state index in [1.807, 2.05) is 18.2 Å². The Morgan fingerprint density at radius 1 is 1.50 bits per heavy atom. The molecule has 0 saturated heterocycles. The van der Waals surface area contributed by atoms with Crippen LogP contribution in [0.15, 0.2) is 18.2 Å². The minimum Gasteiger partial charge on any atom is -0.496 e. The van der Waals surface area contributed by atoms with Gasteiger partial charge in [0.2, 0.25) is 0 Å². The number of ether oxygens (including phenoxy) is 1. The summed E-state index contributed by atoms with van der Waals surface area (Å²) in [4.78, 5) is 0. The molecule has 1 aromatic carbocycles. The van der Waals surface area contributed by atoms with Gasteiger partial charge < -0.3 is 4.74 Å². The molecule has 1 unspecified atom stereocenters. The second kappa shape index (κ2) is 5.62. The molecule has 0 amide bonds. The molecule has 0 saturated carbocycles. The van der Waals surface area contributed by atoms with Gasteiger partial charge in [-0.25, -0.2) is 0 Å². The van der Waals surface area contributed by atoms with Crippen LogP contribution in [0.3, 0.4) is 0 Å². The molecule has 3 heteroatoms. The number of halogens is 2. The Labute approximate surface area is 98.5 Å². The highest BCUT2D eigenvalue weighted by molar-refractivity contribution is 9.09. The zero-order valence-corrected chi connectivity index (χ0v) is 10.7. The van der Waals surface area contributed by atoms with Crippen molar-refractivity contribution in [3.63, 3.8) is 0 Å². The fraction of sp³-hybridized carbons (Fsp3) is 0.455. The maximum atomic E-state index is 5.96. The molecule has 0 radical (unpaired) electrons. The lowest BCUT2D eigenvalue weighted by Crippen LogP contribution is -2.01. The van der Waals surface area contributed by atoms with Crippen LogP contribution in [0.4, 0.5) is 0 Å². The van der Waals surface area contributed by atoms with E-state index in [1.165, 1.54) is 5.56 Å². The maximum absolute atomic E-state index is 5.96. The van der Waals surface area contributed by atoms with Crippen molar-refractivity contribution >= 4 is 27.5 Å². The Balaban J connectivity index is 3.08. The number of hydrogen-bond donors (Lipinski definition) is 0. The summed E-state index contributed by atoms with van der Waals surface area (Å²) in [5.74, 6) is 1.38. The van der Waals surface area contributed by atoms with E-state index in [1.54, 1.807) is 7.11 Å². The summed E-state index contributed by atoms with van der Waals surface area (Å²) in [7, 11) is 1.69. The number of benzene rings is 1. The molecule has 0 spiro atoms. The fourth-order valence-electron chi connectivity index (χ4n) is 1.44. The van der Waals surface area contributed by atoms with Gasteiger partial charge in [-0.15, -0.1) is 0 Å². The molecular formula is C11H14BrClO. The maximum Gasteiger partial charge on any atom is 0.122 e. The lowest BCUT2D eigenvalue weighted by Gasteiger charge is -2.16. The van der Waals surface area contributed by atoms with Gasteiger partial charge in [0.05, 0.1) is 7.11 Å². The molecule has 1 aromatic rings. The van der Waals surface area contributed by atoms with Gasteiger partial charge in [0, 0.05) is 10.4 Å². The first-order chi connectivity index (χ1) is 6.72. The molecule has 0 aromatic heterocycles. The average Bonchev–Trinajstić information content (AvgIpc) is 2.20. The van der Waals surface area contributed by atoms with E-state index >= 15 is 0 Å². The van der Waals surface area contributed by atoms with Crippen molar-refractivity contribution in [2.45, 2.75) is 19.3 Å². The molecule has 1 rings (SSSR count). The Morgan fingerprint density at radius 3 is 2.71 bits per heavy atom. The molecule has 78 valence electrons. The van der Waals surface area contributed by atoms with Crippen molar-refractivity contribution in [3.05, 3.63) is 28.8 Å². The summed E-state index contributed by atoms with van der Waals surface area (Å²) in [6.07, 6.45) is 1.07. The highest BCUT2D eigenvalue weighted by Gasteiger charge is 2.13. The molecule has 14 heavy (non-hydrogen) atoms. The van der Waals surface area contributed by atoms with Crippen LogP contribution >= 0.6 is 27.5 Å². The summed E-state index contributed by atoms with van der Waals surface area (Å²) in [6.45, 7) is 2.16. The zero-order chi connectivity index (χ0) is 10.6. The van der Waals surface area contributed by atoms with Crippen LogP contribution < -0.4 is 4.74 Å². The molecule has 1 nitrogen and oxygen atoms in total. The second-order valence-corrected chi connectivity index (χ2v) is 4.23. The van der Waals surface area contributed by atoms with Crippen LogP contribution in [-0.4, -0.2) is 12.4 Å². The molecule has 0 aliphatic heterocycles. The SMILES string of the molecule is CCC(CBr)c1cc(Cl)ccc1OC. The van der Waals surface area contributed by atoms with Gasteiger partial charge in [0.1, 0.15) is 5.75 Å². The largest absolute Gasteiger partial charge is 0.496 e. The first-order valence-corrected chi connectivity index (χ1v) is 6.12. The van der Waals surface area contributed by atoms with Crippen LogP contribution in [0.25, 0.3) is 0 Å². The zero-order valence-electron chi connectivity index (χ0n) is 8.39. The van der Waals surface area contributed by atoms with Gasteiger partial charge in [-0.05, 0) is 36.1 Å². The van der Waals surface area contributed by atoms with Crippen LogP contribution in [0.5, 0.6) is 5.75 Å². The minimum absolute atomic E-state index is 0.462. The van der Waals surface area contributed by atoms with E-state index in [4.69, 9.17) is 16.3 Å². The van der Waals surface area contributed by atoms with E-state index in [-0.39, 0.29) is 0 Å². The minimum atomic E-state index is 0.462. The van der Waals surface area contributed by atoms with E-state index < -0.39 is 0 Å². The predicted octanol–water partition coefficient (Wildman–Crippen LogP) is 4.24. The van der Waals surface area contributed by atoms with Crippen molar-refractivity contribution in [2.24, 2.45) is 0 Å². The average molecular weight is 278 g/mol. The number of methoxy groups -OCH3 is 1. The normalized spacial score (nSPS) is 12.6. The van der Waals surface area contributed by atoms with Crippen molar-refractivity contribution in [3.8, 4) is 5.75 Å². The Hall–Kier alpha value is -0.210. The quantitative estimate of drug-likeness (QED) is 0.748. The molecule has 0 aliphatic carbocycles. The first-order valence-electron chi connectivity index (χ1n) is 4.62. The van der Waals surface area contributed by atoms with Gasteiger partial charge in [0.25, 0.3) is 0 Å². The molecule has 1 atom stereocenters. The Kier molecular flexibility index (Phi) is 4.76. The molecule has 0 bridgehead atoms. The lowest BCUT2D eigenvalue weighted by atomic mass is 9.98. The first kappa shape index (κ1) is 11.9. The van der Waals surface area contributed by atoms with Crippen LogP contribution in [0, 0.1) is 0 Å². The van der Waals surface area contributed by atoms with Gasteiger partial charge in [-0.3, -0.25) is 0 Å². The third kappa shape index (κ3) is 2.64. The smallest absolute Gasteiger partial charge is 0.122 e. The monoisotopic (exact) mass is 276 g/mol. The molecular weight excluding hydrogens is 263 g/mol. The van der Waals surface area contributed by atoms with Crippen LogP contribution in [-0.2, 0) is 0 Å².